The van der Waals surface area contributed by atoms with Crippen LogP contribution in [0.5, 0.6) is 0 Å². The Morgan fingerprint density at radius 1 is 1.42 bits per heavy atom. The minimum atomic E-state index is -3.79. The standard InChI is InChI=1S/C6H13NO4S.H2/c8-12(9,10)6-3-7-1-4-11-5-2-7;/h1-6H2,(H,8,9,10);1H/p+1. The van der Waals surface area contributed by atoms with E-state index in [2.05, 4.69) is 0 Å². The van der Waals surface area contributed by atoms with Crippen molar-refractivity contribution < 1.29 is 24.0 Å². The van der Waals surface area contributed by atoms with Crippen LogP contribution < -0.4 is 4.90 Å². The molecule has 12 heavy (non-hydrogen) atoms. The van der Waals surface area contributed by atoms with E-state index in [1.165, 1.54) is 4.90 Å². The third kappa shape index (κ3) is 4.01. The molecule has 0 unspecified atom stereocenters. The van der Waals surface area contributed by atoms with Gasteiger partial charge in [-0.15, -0.1) is 0 Å². The molecule has 0 aliphatic carbocycles. The van der Waals surface area contributed by atoms with Gasteiger partial charge in [0.25, 0.3) is 10.1 Å². The van der Waals surface area contributed by atoms with E-state index in [1.54, 1.807) is 0 Å². The predicted octanol–water partition coefficient (Wildman–Crippen LogP) is -1.96. The van der Waals surface area contributed by atoms with E-state index in [0.29, 0.717) is 19.8 Å². The van der Waals surface area contributed by atoms with Gasteiger partial charge in [-0.1, -0.05) is 0 Å². The molecule has 0 aromatic heterocycles. The van der Waals surface area contributed by atoms with Crippen molar-refractivity contribution in [3.8, 4) is 0 Å². The molecule has 0 amide bonds. The van der Waals surface area contributed by atoms with Crippen LogP contribution in [-0.4, -0.2) is 51.6 Å². The van der Waals surface area contributed by atoms with Crippen molar-refractivity contribution in [1.82, 2.24) is 0 Å². The first-order chi connectivity index (χ1) is 5.58. The zero-order chi connectivity index (χ0) is 9.03. The smallest absolute Gasteiger partial charge is 0.270 e. The van der Waals surface area contributed by atoms with Crippen LogP contribution in [0.4, 0.5) is 0 Å². The van der Waals surface area contributed by atoms with Crippen molar-refractivity contribution in [2.75, 3.05) is 38.6 Å². The molecule has 2 N–H and O–H groups in total. The maximum absolute atomic E-state index is 10.4. The average Bonchev–Trinajstić information content (AvgIpc) is 2.02. The lowest BCUT2D eigenvalue weighted by Crippen LogP contribution is -3.14. The van der Waals surface area contributed by atoms with Gasteiger partial charge >= 0.3 is 0 Å². The van der Waals surface area contributed by atoms with Crippen molar-refractivity contribution in [2.24, 2.45) is 0 Å². The number of morpholine rings is 1. The number of quaternary nitrogens is 1. The van der Waals surface area contributed by atoms with Crippen LogP contribution in [0.1, 0.15) is 1.43 Å². The molecule has 0 bridgehead atoms. The third-order valence-corrected chi connectivity index (χ3v) is 2.63. The Hall–Kier alpha value is -0.170. The Morgan fingerprint density at radius 2 is 2.00 bits per heavy atom. The lowest BCUT2D eigenvalue weighted by molar-refractivity contribution is -0.905. The summed E-state index contributed by atoms with van der Waals surface area (Å²) >= 11 is 0. The molecule has 0 atom stereocenters. The largest absolute Gasteiger partial charge is 0.370 e. The van der Waals surface area contributed by atoms with Gasteiger partial charge in [0.05, 0.1) is 19.8 Å². The Kier molecular flexibility index (Phi) is 3.45. The summed E-state index contributed by atoms with van der Waals surface area (Å²) in [6, 6.07) is 0. The lowest BCUT2D eigenvalue weighted by atomic mass is 10.4. The molecule has 0 aromatic carbocycles. The highest BCUT2D eigenvalue weighted by Gasteiger charge is 2.16. The van der Waals surface area contributed by atoms with Gasteiger partial charge in [-0.2, -0.15) is 8.42 Å². The molecule has 74 valence electrons. The van der Waals surface area contributed by atoms with Crippen molar-refractivity contribution >= 4 is 10.1 Å². The molecule has 0 saturated carbocycles. The minimum absolute atomic E-state index is 0. The van der Waals surface area contributed by atoms with Crippen molar-refractivity contribution in [2.45, 2.75) is 0 Å². The molecule has 0 radical (unpaired) electrons. The Balaban J connectivity index is 0.00000144. The van der Waals surface area contributed by atoms with Crippen LogP contribution in [0.25, 0.3) is 0 Å². The summed E-state index contributed by atoms with van der Waals surface area (Å²) in [4.78, 5) is 1.18. The average molecular weight is 198 g/mol. The Morgan fingerprint density at radius 3 is 2.50 bits per heavy atom. The maximum Gasteiger partial charge on any atom is 0.270 e. The van der Waals surface area contributed by atoms with Crippen LogP contribution in [0.15, 0.2) is 0 Å². The molecule has 6 heteroatoms. The number of ether oxygens (including phenoxy) is 1. The molecule has 1 heterocycles. The van der Waals surface area contributed by atoms with E-state index in [1.807, 2.05) is 0 Å². The van der Waals surface area contributed by atoms with Gasteiger partial charge in [-0.3, -0.25) is 4.55 Å². The number of rotatable bonds is 3. The lowest BCUT2D eigenvalue weighted by Gasteiger charge is -2.22. The summed E-state index contributed by atoms with van der Waals surface area (Å²) in [5, 5.41) is 0. The fraction of sp³-hybridized carbons (Fsp3) is 1.00. The summed E-state index contributed by atoms with van der Waals surface area (Å²) < 4.78 is 34.3. The summed E-state index contributed by atoms with van der Waals surface area (Å²) in [6.45, 7) is 3.49. The molecule has 1 rings (SSSR count). The second-order valence-electron chi connectivity index (χ2n) is 2.90. The van der Waals surface area contributed by atoms with E-state index in [4.69, 9.17) is 9.29 Å². The highest BCUT2D eigenvalue weighted by molar-refractivity contribution is 7.85. The molecule has 0 aromatic rings. The van der Waals surface area contributed by atoms with Gasteiger partial charge in [0, 0.05) is 1.43 Å². The van der Waals surface area contributed by atoms with Gasteiger partial charge in [0.1, 0.15) is 18.8 Å². The predicted molar refractivity (Wildman–Crippen MR) is 44.9 cm³/mol. The highest BCUT2D eigenvalue weighted by Crippen LogP contribution is 1.79. The van der Waals surface area contributed by atoms with E-state index < -0.39 is 10.1 Å². The normalized spacial score (nSPS) is 21.1. The second-order valence-corrected chi connectivity index (χ2v) is 4.47. The second kappa shape index (κ2) is 4.18. The zero-order valence-corrected chi connectivity index (χ0v) is 7.64. The van der Waals surface area contributed by atoms with E-state index in [-0.39, 0.29) is 7.18 Å². The number of hydrogen-bond donors (Lipinski definition) is 2. The monoisotopic (exact) mass is 198 g/mol. The van der Waals surface area contributed by atoms with Crippen LogP contribution >= 0.6 is 0 Å². The van der Waals surface area contributed by atoms with E-state index in [9.17, 15) is 8.42 Å². The first-order valence-corrected chi connectivity index (χ1v) is 5.55. The molecular weight excluding hydrogens is 182 g/mol. The van der Waals surface area contributed by atoms with E-state index in [0.717, 1.165) is 13.1 Å². The fourth-order valence-electron chi connectivity index (χ4n) is 1.18. The van der Waals surface area contributed by atoms with Crippen LogP contribution in [0.3, 0.4) is 0 Å². The summed E-state index contributed by atoms with van der Waals surface area (Å²) in [5.41, 5.74) is 0. The van der Waals surface area contributed by atoms with Crippen LogP contribution in [0.2, 0.25) is 0 Å². The fourth-order valence-corrected chi connectivity index (χ4v) is 1.73. The van der Waals surface area contributed by atoms with Gasteiger partial charge in [-0.05, 0) is 0 Å². The Bertz CT molecular complexity index is 225. The molecule has 5 nitrogen and oxygen atoms in total. The minimum Gasteiger partial charge on any atom is -0.370 e. The quantitative estimate of drug-likeness (QED) is 0.516. The van der Waals surface area contributed by atoms with Gasteiger partial charge < -0.3 is 9.64 Å². The summed E-state index contributed by atoms with van der Waals surface area (Å²) in [5.74, 6) is -0.150. The van der Waals surface area contributed by atoms with Crippen molar-refractivity contribution in [3.63, 3.8) is 0 Å². The summed E-state index contributed by atoms with van der Waals surface area (Å²) in [7, 11) is -3.79. The molecule has 1 aliphatic rings. The summed E-state index contributed by atoms with van der Waals surface area (Å²) in [6.07, 6.45) is 0. The molecule has 1 saturated heterocycles. The highest BCUT2D eigenvalue weighted by atomic mass is 32.2. The molecule has 1 aliphatic heterocycles. The molecule has 1 fully saturated rings. The molecular formula is C6H16NO4S+. The van der Waals surface area contributed by atoms with Crippen molar-refractivity contribution in [1.29, 1.82) is 0 Å². The van der Waals surface area contributed by atoms with E-state index >= 15 is 0 Å². The maximum atomic E-state index is 10.4. The Labute approximate surface area is 73.5 Å². The van der Waals surface area contributed by atoms with Crippen molar-refractivity contribution in [3.05, 3.63) is 0 Å². The third-order valence-electron chi connectivity index (χ3n) is 1.91. The first kappa shape index (κ1) is 9.91. The molecule has 0 spiro atoms. The topological polar surface area (TPSA) is 68.0 Å². The van der Waals surface area contributed by atoms with Crippen LogP contribution in [0, 0.1) is 0 Å². The number of nitrogens with one attached hydrogen (secondary N) is 1. The zero-order valence-electron chi connectivity index (χ0n) is 6.82. The van der Waals surface area contributed by atoms with Gasteiger partial charge in [-0.25, -0.2) is 0 Å². The van der Waals surface area contributed by atoms with Gasteiger partial charge in [0.15, 0.2) is 0 Å². The first-order valence-electron chi connectivity index (χ1n) is 3.94. The SMILES string of the molecule is O=S(=O)(O)CC[NH+]1CCOCC1.[HH]. The van der Waals surface area contributed by atoms with Crippen LogP contribution in [-0.2, 0) is 14.9 Å². The van der Waals surface area contributed by atoms with Gasteiger partial charge in [0.2, 0.25) is 0 Å². The number of hydrogen-bond acceptors (Lipinski definition) is 3.